The Bertz CT molecular complexity index is 899. The maximum absolute atomic E-state index is 2.44. The van der Waals surface area contributed by atoms with Gasteiger partial charge in [0, 0.05) is 0 Å². The Labute approximate surface area is 193 Å². The second kappa shape index (κ2) is 8.42. The summed E-state index contributed by atoms with van der Waals surface area (Å²) in [4.78, 5) is 0. The van der Waals surface area contributed by atoms with Gasteiger partial charge in [-0.05, 0) is 67.4 Å². The van der Waals surface area contributed by atoms with Gasteiger partial charge in [-0.15, -0.1) is 0 Å². The number of hydrogen-bond donors (Lipinski definition) is 0. The van der Waals surface area contributed by atoms with Gasteiger partial charge in [-0.1, -0.05) is 126 Å². The quantitative estimate of drug-likeness (QED) is 0.464. The molecule has 0 aliphatic rings. The van der Waals surface area contributed by atoms with Gasteiger partial charge in [0.15, 0.2) is 0 Å². The second-order valence-corrected chi connectivity index (χ2v) is 13.8. The Morgan fingerprint density at radius 3 is 1.58 bits per heavy atom. The van der Waals surface area contributed by atoms with Crippen LogP contribution in [-0.2, 0) is 28.1 Å². The summed E-state index contributed by atoms with van der Waals surface area (Å²) in [6, 6.07) is 14.1. The lowest BCUT2D eigenvalue weighted by Crippen LogP contribution is -2.28. The van der Waals surface area contributed by atoms with E-state index in [1.54, 1.807) is 11.1 Å². The van der Waals surface area contributed by atoms with Crippen LogP contribution in [-0.4, -0.2) is 0 Å². The van der Waals surface area contributed by atoms with Crippen molar-refractivity contribution in [2.75, 3.05) is 0 Å². The maximum atomic E-state index is 2.44. The Morgan fingerprint density at radius 1 is 0.613 bits per heavy atom. The normalized spacial score (nSPS) is 14.6. The molecule has 0 aromatic heterocycles. The van der Waals surface area contributed by atoms with E-state index < -0.39 is 0 Å². The molecule has 2 rings (SSSR count). The third-order valence-corrected chi connectivity index (χ3v) is 6.44. The van der Waals surface area contributed by atoms with Crippen molar-refractivity contribution in [3.05, 3.63) is 69.8 Å². The first-order valence-corrected chi connectivity index (χ1v) is 12.1. The van der Waals surface area contributed by atoms with Gasteiger partial charge in [0.05, 0.1) is 0 Å². The summed E-state index contributed by atoms with van der Waals surface area (Å²) < 4.78 is 0. The van der Waals surface area contributed by atoms with Crippen LogP contribution in [0.4, 0.5) is 0 Å². The van der Waals surface area contributed by atoms with Gasteiger partial charge in [-0.25, -0.2) is 0 Å². The third-order valence-electron chi connectivity index (χ3n) is 6.44. The maximum Gasteiger partial charge on any atom is -0.0126 e. The minimum Gasteiger partial charge on any atom is -0.0617 e. The van der Waals surface area contributed by atoms with Crippen LogP contribution in [0.1, 0.15) is 129 Å². The highest BCUT2D eigenvalue weighted by atomic mass is 14.4. The molecule has 2 aromatic rings. The molecule has 0 saturated heterocycles. The molecule has 0 aliphatic heterocycles. The van der Waals surface area contributed by atoms with Crippen LogP contribution in [0, 0.1) is 0 Å². The Kier molecular flexibility index (Phi) is 6.98. The van der Waals surface area contributed by atoms with Gasteiger partial charge in [-0.3, -0.25) is 0 Å². The molecule has 0 N–H and O–H groups in total. The fourth-order valence-corrected chi connectivity index (χ4v) is 4.84. The molecule has 0 bridgehead atoms. The van der Waals surface area contributed by atoms with Crippen LogP contribution in [0.15, 0.2) is 36.4 Å². The van der Waals surface area contributed by atoms with Crippen molar-refractivity contribution in [2.24, 2.45) is 0 Å². The molecule has 0 radical (unpaired) electrons. The van der Waals surface area contributed by atoms with Crippen molar-refractivity contribution in [3.63, 3.8) is 0 Å². The molecule has 31 heavy (non-hydrogen) atoms. The van der Waals surface area contributed by atoms with Crippen LogP contribution < -0.4 is 0 Å². The summed E-state index contributed by atoms with van der Waals surface area (Å²) in [6.07, 6.45) is 1.07. The molecule has 0 amide bonds. The molecular weight excluding hydrogens is 372 g/mol. The average molecular weight is 421 g/mol. The van der Waals surface area contributed by atoms with Crippen LogP contribution in [0.25, 0.3) is 0 Å². The SMILES string of the molecule is CC(Cc1cccc(C(C)(C)C)c1)c1c(C(C)(C)C)ccc(C(C)(C)C)c1C(C)(C)C. The second-order valence-electron chi connectivity index (χ2n) is 13.8. The van der Waals surface area contributed by atoms with Crippen molar-refractivity contribution < 1.29 is 0 Å². The van der Waals surface area contributed by atoms with Crippen molar-refractivity contribution in [1.82, 2.24) is 0 Å². The minimum absolute atomic E-state index is 0.0979. The lowest BCUT2D eigenvalue weighted by Gasteiger charge is -2.38. The van der Waals surface area contributed by atoms with E-state index >= 15 is 0 Å². The summed E-state index contributed by atoms with van der Waals surface area (Å²) >= 11 is 0. The van der Waals surface area contributed by atoms with E-state index in [0.717, 1.165) is 6.42 Å². The largest absolute Gasteiger partial charge is 0.0617 e. The van der Waals surface area contributed by atoms with Crippen molar-refractivity contribution in [3.8, 4) is 0 Å². The first-order chi connectivity index (χ1) is 13.8. The third kappa shape index (κ3) is 6.03. The fraction of sp³-hybridized carbons (Fsp3) is 0.613. The van der Waals surface area contributed by atoms with E-state index in [1.165, 1.54) is 22.3 Å². The van der Waals surface area contributed by atoms with E-state index in [0.29, 0.717) is 5.92 Å². The highest BCUT2D eigenvalue weighted by molar-refractivity contribution is 5.52. The summed E-state index contributed by atoms with van der Waals surface area (Å²) in [7, 11) is 0. The summed E-state index contributed by atoms with van der Waals surface area (Å²) in [5.74, 6) is 0.459. The molecule has 2 aromatic carbocycles. The molecule has 172 valence electrons. The van der Waals surface area contributed by atoms with E-state index in [-0.39, 0.29) is 21.7 Å². The number of rotatable bonds is 3. The molecule has 0 saturated carbocycles. The van der Waals surface area contributed by atoms with Gasteiger partial charge in [0.1, 0.15) is 0 Å². The van der Waals surface area contributed by atoms with Crippen LogP contribution in [0.3, 0.4) is 0 Å². The standard InChI is InChI=1S/C31H48/c1-21(19-22-15-14-16-23(20-22)28(2,3)4)26-24(29(5,6)7)17-18-25(30(8,9)10)27(26)31(11,12)13/h14-18,20-21H,19H2,1-13H3. The lowest BCUT2D eigenvalue weighted by molar-refractivity contribution is 0.505. The summed E-state index contributed by atoms with van der Waals surface area (Å²) in [5, 5.41) is 0. The van der Waals surface area contributed by atoms with Crippen molar-refractivity contribution in [1.29, 1.82) is 0 Å². The van der Waals surface area contributed by atoms with Crippen molar-refractivity contribution >= 4 is 0 Å². The van der Waals surface area contributed by atoms with E-state index in [4.69, 9.17) is 0 Å². The first kappa shape index (κ1) is 25.7. The lowest BCUT2D eigenvalue weighted by atomic mass is 9.67. The molecule has 0 nitrogen and oxygen atoms in total. The molecule has 0 aliphatic carbocycles. The zero-order valence-corrected chi connectivity index (χ0v) is 22.7. The zero-order chi connectivity index (χ0) is 24.0. The predicted octanol–water partition coefficient (Wildman–Crippen LogP) is 9.22. The van der Waals surface area contributed by atoms with E-state index in [1.807, 2.05) is 0 Å². The van der Waals surface area contributed by atoms with E-state index in [9.17, 15) is 0 Å². The molecule has 0 heterocycles. The minimum atomic E-state index is 0.0979. The zero-order valence-electron chi connectivity index (χ0n) is 22.7. The first-order valence-electron chi connectivity index (χ1n) is 12.1. The van der Waals surface area contributed by atoms with Crippen LogP contribution in [0.5, 0.6) is 0 Å². The van der Waals surface area contributed by atoms with Crippen molar-refractivity contribution in [2.45, 2.75) is 124 Å². The molecule has 0 heteroatoms. The topological polar surface area (TPSA) is 0 Å². The van der Waals surface area contributed by atoms with Gasteiger partial charge in [0.2, 0.25) is 0 Å². The smallest absolute Gasteiger partial charge is 0.0126 e. The number of benzene rings is 2. The van der Waals surface area contributed by atoms with Gasteiger partial charge in [-0.2, -0.15) is 0 Å². The molecular formula is C31H48. The summed E-state index contributed by atoms with van der Waals surface area (Å²) in [6.45, 7) is 30.7. The highest BCUT2D eigenvalue weighted by Gasteiger charge is 2.33. The van der Waals surface area contributed by atoms with Gasteiger partial charge < -0.3 is 0 Å². The molecule has 0 spiro atoms. The molecule has 1 unspecified atom stereocenters. The van der Waals surface area contributed by atoms with Gasteiger partial charge in [0.25, 0.3) is 0 Å². The van der Waals surface area contributed by atoms with Gasteiger partial charge >= 0.3 is 0 Å². The predicted molar refractivity (Wildman–Crippen MR) is 140 cm³/mol. The summed E-state index contributed by atoms with van der Waals surface area (Å²) in [5.41, 5.74) is 9.53. The number of hydrogen-bond acceptors (Lipinski definition) is 0. The molecule has 0 fully saturated rings. The highest BCUT2D eigenvalue weighted by Crippen LogP contribution is 2.44. The Hall–Kier alpha value is -1.56. The van der Waals surface area contributed by atoms with Crippen LogP contribution >= 0.6 is 0 Å². The fourth-order valence-electron chi connectivity index (χ4n) is 4.84. The Morgan fingerprint density at radius 2 is 1.13 bits per heavy atom. The average Bonchev–Trinajstić information content (AvgIpc) is 2.57. The van der Waals surface area contributed by atoms with E-state index in [2.05, 4.69) is 126 Å². The van der Waals surface area contributed by atoms with Crippen LogP contribution in [0.2, 0.25) is 0 Å². The molecule has 1 atom stereocenters. The Balaban J connectivity index is 2.73. The monoisotopic (exact) mass is 420 g/mol.